The summed E-state index contributed by atoms with van der Waals surface area (Å²) in [6, 6.07) is 3.45. The molecule has 2 aromatic rings. The number of rotatable bonds is 6. The van der Waals surface area contributed by atoms with Gasteiger partial charge in [0.05, 0.1) is 25.8 Å². The predicted octanol–water partition coefficient (Wildman–Crippen LogP) is 1.50. The molecule has 0 radical (unpaired) electrons. The van der Waals surface area contributed by atoms with Crippen molar-refractivity contribution in [1.29, 1.82) is 0 Å². The van der Waals surface area contributed by atoms with Crippen LogP contribution < -0.4 is 15.0 Å². The lowest BCUT2D eigenvalue weighted by molar-refractivity contribution is -0.121. The van der Waals surface area contributed by atoms with E-state index in [0.717, 1.165) is 55.6 Å². The van der Waals surface area contributed by atoms with Crippen molar-refractivity contribution in [1.82, 2.24) is 20.3 Å². The monoisotopic (exact) mass is 397 g/mol. The average Bonchev–Trinajstić information content (AvgIpc) is 3.36. The molecule has 1 fully saturated rings. The Morgan fingerprint density at radius 2 is 2.17 bits per heavy atom. The molecule has 0 aromatic carbocycles. The molecule has 29 heavy (non-hydrogen) atoms. The van der Waals surface area contributed by atoms with Gasteiger partial charge in [0.25, 0.3) is 0 Å². The van der Waals surface area contributed by atoms with Gasteiger partial charge >= 0.3 is 0 Å². The van der Waals surface area contributed by atoms with Gasteiger partial charge in [-0.15, -0.1) is 0 Å². The molecule has 2 aliphatic carbocycles. The molecule has 0 spiro atoms. The number of aryl methyl sites for hydroxylation is 1. The molecule has 154 valence electrons. The first-order valence-corrected chi connectivity index (χ1v) is 10.1. The molecule has 0 saturated heterocycles. The van der Waals surface area contributed by atoms with Crippen molar-refractivity contribution in [2.45, 2.75) is 50.7 Å². The number of hydrogen-bond donors (Lipinski definition) is 2. The summed E-state index contributed by atoms with van der Waals surface area (Å²) in [5, 5.41) is 12.9. The first-order valence-electron chi connectivity index (χ1n) is 10.1. The summed E-state index contributed by atoms with van der Waals surface area (Å²) >= 11 is 0. The number of carbonyl (C=O) groups excluding carboxylic acids is 1. The van der Waals surface area contributed by atoms with E-state index in [0.29, 0.717) is 17.3 Å². The van der Waals surface area contributed by atoms with Gasteiger partial charge in [0.1, 0.15) is 17.3 Å². The van der Waals surface area contributed by atoms with E-state index < -0.39 is 6.10 Å². The van der Waals surface area contributed by atoms with Crippen molar-refractivity contribution >= 4 is 11.7 Å². The fourth-order valence-electron chi connectivity index (χ4n) is 4.15. The molecule has 8 nitrogen and oxygen atoms in total. The highest BCUT2D eigenvalue weighted by Gasteiger charge is 2.28. The largest absolute Gasteiger partial charge is 0.497 e. The zero-order valence-corrected chi connectivity index (χ0v) is 16.9. The molecule has 8 heteroatoms. The van der Waals surface area contributed by atoms with Crippen molar-refractivity contribution in [3.8, 4) is 17.3 Å². The van der Waals surface area contributed by atoms with Gasteiger partial charge in [-0.2, -0.15) is 0 Å². The number of aromatic nitrogens is 3. The number of methoxy groups -OCH3 is 1. The van der Waals surface area contributed by atoms with Crippen molar-refractivity contribution in [3.05, 3.63) is 29.6 Å². The third-order valence-corrected chi connectivity index (χ3v) is 5.68. The summed E-state index contributed by atoms with van der Waals surface area (Å²) in [4.78, 5) is 28.3. The maximum Gasteiger partial charge on any atom is 0.239 e. The Hall–Kier alpha value is -2.74. The third kappa shape index (κ3) is 4.17. The highest BCUT2D eigenvalue weighted by atomic mass is 16.5. The SMILES string of the molecule is COc1ccnc(-c2nc3c(c(N(C)CC(=O)NC4CCC[C@@H]4O)n2)CCC3)c1. The van der Waals surface area contributed by atoms with Crippen LogP contribution in [-0.2, 0) is 17.6 Å². The molecular weight excluding hydrogens is 370 g/mol. The van der Waals surface area contributed by atoms with Crippen LogP contribution in [-0.4, -0.2) is 58.8 Å². The van der Waals surface area contributed by atoms with Crippen LogP contribution in [0.5, 0.6) is 5.75 Å². The number of anilines is 1. The molecule has 0 bridgehead atoms. The van der Waals surface area contributed by atoms with E-state index in [-0.39, 0.29) is 18.5 Å². The highest BCUT2D eigenvalue weighted by Crippen LogP contribution is 2.31. The Morgan fingerprint density at radius 3 is 2.93 bits per heavy atom. The van der Waals surface area contributed by atoms with E-state index in [4.69, 9.17) is 14.7 Å². The quantitative estimate of drug-likeness (QED) is 0.762. The van der Waals surface area contributed by atoms with Gasteiger partial charge in [-0.1, -0.05) is 0 Å². The molecule has 1 amide bonds. The molecule has 0 aliphatic heterocycles. The second-order valence-corrected chi connectivity index (χ2v) is 7.76. The second kappa shape index (κ2) is 8.32. The van der Waals surface area contributed by atoms with E-state index in [9.17, 15) is 9.90 Å². The van der Waals surface area contributed by atoms with Crippen molar-refractivity contribution in [3.63, 3.8) is 0 Å². The zero-order valence-electron chi connectivity index (χ0n) is 16.9. The summed E-state index contributed by atoms with van der Waals surface area (Å²) in [7, 11) is 3.48. The standard InChI is InChI=1S/C21H27N5O3/c1-26(12-19(28)23-16-7-4-8-18(16)27)21-14-5-3-6-15(14)24-20(25-21)17-11-13(29-2)9-10-22-17/h9-11,16,18,27H,3-8,12H2,1-2H3,(H,23,28)/t16?,18-/m0/s1. The number of nitrogens with one attached hydrogen (secondary N) is 1. The number of likely N-dealkylation sites (N-methyl/N-ethyl adjacent to an activating group) is 1. The Balaban J connectivity index is 1.57. The number of amides is 1. The number of ether oxygens (including phenoxy) is 1. The summed E-state index contributed by atoms with van der Waals surface area (Å²) in [6.45, 7) is 0.178. The van der Waals surface area contributed by atoms with Gasteiger partial charge in [-0.05, 0) is 44.6 Å². The van der Waals surface area contributed by atoms with Crippen molar-refractivity contribution < 1.29 is 14.6 Å². The van der Waals surface area contributed by atoms with Gasteiger partial charge in [0.15, 0.2) is 5.82 Å². The third-order valence-electron chi connectivity index (χ3n) is 5.68. The number of aliphatic hydroxyl groups excluding tert-OH is 1. The number of fused-ring (bicyclic) bond motifs is 1. The molecule has 1 saturated carbocycles. The van der Waals surface area contributed by atoms with Crippen LogP contribution in [0.4, 0.5) is 5.82 Å². The average molecular weight is 397 g/mol. The van der Waals surface area contributed by atoms with Crippen molar-refractivity contribution in [2.24, 2.45) is 0 Å². The van der Waals surface area contributed by atoms with Gasteiger partial charge in [0, 0.05) is 30.6 Å². The molecule has 1 unspecified atom stereocenters. The molecule has 2 atom stereocenters. The summed E-state index contributed by atoms with van der Waals surface area (Å²) in [5.74, 6) is 1.90. The van der Waals surface area contributed by atoms with E-state index in [1.165, 1.54) is 0 Å². The molecule has 2 N–H and O–H groups in total. The fraction of sp³-hybridized carbons (Fsp3) is 0.524. The number of pyridine rings is 1. The van der Waals surface area contributed by atoms with E-state index >= 15 is 0 Å². The predicted molar refractivity (Wildman–Crippen MR) is 109 cm³/mol. The number of aliphatic hydroxyl groups is 1. The maximum absolute atomic E-state index is 12.5. The Bertz CT molecular complexity index is 904. The maximum atomic E-state index is 12.5. The van der Waals surface area contributed by atoms with Gasteiger partial charge in [-0.25, -0.2) is 9.97 Å². The van der Waals surface area contributed by atoms with Gasteiger partial charge in [0.2, 0.25) is 5.91 Å². The number of hydrogen-bond acceptors (Lipinski definition) is 7. The zero-order chi connectivity index (χ0) is 20.4. The molecule has 2 aliphatic rings. The van der Waals surface area contributed by atoms with E-state index in [1.54, 1.807) is 19.4 Å². The van der Waals surface area contributed by atoms with E-state index in [1.807, 2.05) is 18.0 Å². The molecule has 2 heterocycles. The minimum atomic E-state index is -0.446. The molecule has 4 rings (SSSR count). The van der Waals surface area contributed by atoms with Crippen LogP contribution in [0.3, 0.4) is 0 Å². The van der Waals surface area contributed by atoms with Crippen molar-refractivity contribution in [2.75, 3.05) is 25.6 Å². The summed E-state index contributed by atoms with van der Waals surface area (Å²) < 4.78 is 5.29. The Morgan fingerprint density at radius 1 is 1.31 bits per heavy atom. The van der Waals surface area contributed by atoms with Crippen LogP contribution in [0.15, 0.2) is 18.3 Å². The molecular formula is C21H27N5O3. The minimum absolute atomic E-state index is 0.107. The number of carbonyl (C=O) groups is 1. The normalized spacial score (nSPS) is 20.4. The number of nitrogens with zero attached hydrogens (tertiary/aromatic N) is 4. The lowest BCUT2D eigenvalue weighted by Crippen LogP contribution is -2.44. The Kier molecular flexibility index (Phi) is 5.62. The minimum Gasteiger partial charge on any atom is -0.497 e. The summed E-state index contributed by atoms with van der Waals surface area (Å²) in [6.07, 6.45) is 6.58. The highest BCUT2D eigenvalue weighted by molar-refractivity contribution is 5.81. The van der Waals surface area contributed by atoms with Gasteiger partial charge in [-0.3, -0.25) is 9.78 Å². The second-order valence-electron chi connectivity index (χ2n) is 7.76. The topological polar surface area (TPSA) is 100 Å². The van der Waals surface area contributed by atoms with Gasteiger partial charge < -0.3 is 20.1 Å². The molecule has 2 aromatic heterocycles. The Labute approximate surface area is 170 Å². The lowest BCUT2D eigenvalue weighted by Gasteiger charge is -2.23. The summed E-state index contributed by atoms with van der Waals surface area (Å²) in [5.41, 5.74) is 2.77. The van der Waals surface area contributed by atoms with Crippen LogP contribution in [0.1, 0.15) is 36.9 Å². The van der Waals surface area contributed by atoms with Crippen LogP contribution in [0.25, 0.3) is 11.5 Å². The first-order chi connectivity index (χ1) is 14.0. The van der Waals surface area contributed by atoms with Crippen LogP contribution in [0, 0.1) is 0 Å². The lowest BCUT2D eigenvalue weighted by atomic mass is 10.2. The van der Waals surface area contributed by atoms with Crippen LogP contribution in [0.2, 0.25) is 0 Å². The smallest absolute Gasteiger partial charge is 0.239 e. The fourth-order valence-corrected chi connectivity index (χ4v) is 4.15. The first kappa shape index (κ1) is 19.6. The van der Waals surface area contributed by atoms with E-state index in [2.05, 4.69) is 10.3 Å². The van der Waals surface area contributed by atoms with Crippen LogP contribution >= 0.6 is 0 Å².